The lowest BCUT2D eigenvalue weighted by Gasteiger charge is -2.25. The SMILES string of the molecule is CC(C)NC(=NCC1CCS(=O)(=O)C1)N(C)Cc1ccc(Cl)cc1. The predicted molar refractivity (Wildman–Crippen MR) is 100 cm³/mol. The van der Waals surface area contributed by atoms with Gasteiger partial charge in [-0.05, 0) is 43.9 Å². The van der Waals surface area contributed by atoms with E-state index in [1.807, 2.05) is 36.2 Å². The van der Waals surface area contributed by atoms with Gasteiger partial charge < -0.3 is 10.2 Å². The van der Waals surface area contributed by atoms with E-state index in [0.29, 0.717) is 25.3 Å². The van der Waals surface area contributed by atoms with Gasteiger partial charge in [0.2, 0.25) is 0 Å². The Kier molecular flexibility index (Phi) is 6.52. The second-order valence-corrected chi connectivity index (χ2v) is 9.38. The maximum atomic E-state index is 11.6. The van der Waals surface area contributed by atoms with E-state index in [9.17, 15) is 8.42 Å². The molecule has 0 bridgehead atoms. The van der Waals surface area contributed by atoms with E-state index in [-0.39, 0.29) is 17.7 Å². The van der Waals surface area contributed by atoms with Crippen LogP contribution >= 0.6 is 11.6 Å². The lowest BCUT2D eigenvalue weighted by Crippen LogP contribution is -2.42. The third-order valence-corrected chi connectivity index (χ3v) is 6.03. The van der Waals surface area contributed by atoms with Crippen molar-refractivity contribution in [3.8, 4) is 0 Å². The van der Waals surface area contributed by atoms with Gasteiger partial charge in [0.05, 0.1) is 11.5 Å². The number of benzene rings is 1. The number of hydrogen-bond acceptors (Lipinski definition) is 3. The van der Waals surface area contributed by atoms with Crippen LogP contribution in [0.5, 0.6) is 0 Å². The maximum Gasteiger partial charge on any atom is 0.194 e. The van der Waals surface area contributed by atoms with Crippen LogP contribution in [0, 0.1) is 5.92 Å². The first-order valence-electron chi connectivity index (χ1n) is 8.22. The van der Waals surface area contributed by atoms with Crippen LogP contribution < -0.4 is 5.32 Å². The largest absolute Gasteiger partial charge is 0.354 e. The molecule has 0 spiro atoms. The van der Waals surface area contributed by atoms with Crippen molar-refractivity contribution in [3.63, 3.8) is 0 Å². The smallest absolute Gasteiger partial charge is 0.194 e. The minimum atomic E-state index is -2.86. The molecule has 0 aromatic heterocycles. The molecule has 1 aliphatic rings. The summed E-state index contributed by atoms with van der Waals surface area (Å²) in [7, 11) is -0.875. The van der Waals surface area contributed by atoms with Crippen LogP contribution in [0.1, 0.15) is 25.8 Å². The number of sulfone groups is 1. The van der Waals surface area contributed by atoms with Crippen molar-refractivity contribution in [1.82, 2.24) is 10.2 Å². The van der Waals surface area contributed by atoms with Gasteiger partial charge >= 0.3 is 0 Å². The van der Waals surface area contributed by atoms with Crippen LogP contribution in [0.25, 0.3) is 0 Å². The summed E-state index contributed by atoms with van der Waals surface area (Å²) >= 11 is 5.93. The molecule has 1 fully saturated rings. The average molecular weight is 372 g/mol. The third kappa shape index (κ3) is 5.98. The third-order valence-electron chi connectivity index (χ3n) is 3.94. The highest BCUT2D eigenvalue weighted by molar-refractivity contribution is 7.91. The van der Waals surface area contributed by atoms with E-state index in [0.717, 1.165) is 16.5 Å². The topological polar surface area (TPSA) is 61.8 Å². The van der Waals surface area contributed by atoms with E-state index in [4.69, 9.17) is 11.6 Å². The normalized spacial score (nSPS) is 20.4. The quantitative estimate of drug-likeness (QED) is 0.638. The minimum absolute atomic E-state index is 0.128. The molecule has 1 atom stereocenters. The molecule has 0 amide bonds. The molecule has 1 aromatic rings. The molecule has 1 aliphatic heterocycles. The molecule has 0 saturated carbocycles. The Bertz CT molecular complexity index is 672. The van der Waals surface area contributed by atoms with Crippen molar-refractivity contribution >= 4 is 27.4 Å². The second-order valence-electron chi connectivity index (χ2n) is 6.71. The summed E-state index contributed by atoms with van der Waals surface area (Å²) in [6.45, 7) is 5.37. The number of guanidine groups is 1. The summed E-state index contributed by atoms with van der Waals surface area (Å²) in [5.74, 6) is 1.47. The first-order chi connectivity index (χ1) is 11.2. The van der Waals surface area contributed by atoms with Crippen molar-refractivity contribution < 1.29 is 8.42 Å². The zero-order chi connectivity index (χ0) is 17.7. The fourth-order valence-corrected chi connectivity index (χ4v) is 4.68. The van der Waals surface area contributed by atoms with Gasteiger partial charge in [-0.15, -0.1) is 0 Å². The molecule has 1 unspecified atom stereocenters. The molecule has 1 aromatic carbocycles. The molecule has 0 aliphatic carbocycles. The number of nitrogens with zero attached hydrogens (tertiary/aromatic N) is 2. The molecule has 7 heteroatoms. The van der Waals surface area contributed by atoms with Crippen molar-refractivity contribution in [3.05, 3.63) is 34.9 Å². The highest BCUT2D eigenvalue weighted by Crippen LogP contribution is 2.18. The number of hydrogen-bond donors (Lipinski definition) is 1. The van der Waals surface area contributed by atoms with Crippen LogP contribution in [-0.2, 0) is 16.4 Å². The molecule has 24 heavy (non-hydrogen) atoms. The van der Waals surface area contributed by atoms with Gasteiger partial charge in [-0.1, -0.05) is 23.7 Å². The van der Waals surface area contributed by atoms with E-state index < -0.39 is 9.84 Å². The average Bonchev–Trinajstić information content (AvgIpc) is 2.84. The number of aliphatic imine (C=N–C) groups is 1. The second kappa shape index (κ2) is 8.21. The Morgan fingerprint density at radius 1 is 1.38 bits per heavy atom. The summed E-state index contributed by atoms with van der Waals surface area (Å²) in [6, 6.07) is 8.00. The van der Waals surface area contributed by atoms with Crippen LogP contribution in [0.2, 0.25) is 5.02 Å². The van der Waals surface area contributed by atoms with Crippen LogP contribution in [-0.4, -0.2) is 50.4 Å². The zero-order valence-electron chi connectivity index (χ0n) is 14.5. The first-order valence-corrected chi connectivity index (χ1v) is 10.4. The summed E-state index contributed by atoms with van der Waals surface area (Å²) in [4.78, 5) is 6.71. The van der Waals surface area contributed by atoms with Crippen LogP contribution in [0.15, 0.2) is 29.3 Å². The molecular formula is C17H26ClN3O2S. The fraction of sp³-hybridized carbons (Fsp3) is 0.588. The van der Waals surface area contributed by atoms with Gasteiger partial charge in [0, 0.05) is 31.2 Å². The lowest BCUT2D eigenvalue weighted by atomic mass is 10.1. The highest BCUT2D eigenvalue weighted by Gasteiger charge is 2.27. The summed E-state index contributed by atoms with van der Waals surface area (Å²) in [5, 5.41) is 4.08. The van der Waals surface area contributed by atoms with Crippen molar-refractivity contribution in [2.24, 2.45) is 10.9 Å². The Hall–Kier alpha value is -1.27. The van der Waals surface area contributed by atoms with E-state index in [1.54, 1.807) is 0 Å². The number of nitrogens with one attached hydrogen (secondary N) is 1. The standard InChI is InChI=1S/C17H26ClN3O2S/c1-13(2)20-17(19-10-15-8-9-24(22,23)12-15)21(3)11-14-4-6-16(18)7-5-14/h4-7,13,15H,8-12H2,1-3H3,(H,19,20). The molecule has 1 heterocycles. The maximum absolute atomic E-state index is 11.6. The van der Waals surface area contributed by atoms with Gasteiger partial charge in [-0.3, -0.25) is 4.99 Å². The van der Waals surface area contributed by atoms with Crippen molar-refractivity contribution in [2.45, 2.75) is 32.9 Å². The van der Waals surface area contributed by atoms with E-state index in [1.165, 1.54) is 0 Å². The Morgan fingerprint density at radius 2 is 2.04 bits per heavy atom. The highest BCUT2D eigenvalue weighted by atomic mass is 35.5. The van der Waals surface area contributed by atoms with Gasteiger partial charge in [0.1, 0.15) is 0 Å². The minimum Gasteiger partial charge on any atom is -0.354 e. The summed E-state index contributed by atoms with van der Waals surface area (Å²) in [5.41, 5.74) is 1.14. The molecule has 0 radical (unpaired) electrons. The lowest BCUT2D eigenvalue weighted by molar-refractivity contribution is 0.462. The molecule has 5 nitrogen and oxygen atoms in total. The molecule has 1 saturated heterocycles. The summed E-state index contributed by atoms with van der Waals surface area (Å²) < 4.78 is 23.2. The fourth-order valence-electron chi connectivity index (χ4n) is 2.70. The summed E-state index contributed by atoms with van der Waals surface area (Å²) in [6.07, 6.45) is 0.710. The van der Waals surface area contributed by atoms with Gasteiger partial charge in [-0.2, -0.15) is 0 Å². The molecule has 134 valence electrons. The van der Waals surface area contributed by atoms with Crippen LogP contribution in [0.3, 0.4) is 0 Å². The predicted octanol–water partition coefficient (Wildman–Crippen LogP) is 2.56. The number of rotatable bonds is 5. The molecule has 2 rings (SSSR count). The monoisotopic (exact) mass is 371 g/mol. The molecular weight excluding hydrogens is 346 g/mol. The Labute approximate surface area is 150 Å². The zero-order valence-corrected chi connectivity index (χ0v) is 16.1. The van der Waals surface area contributed by atoms with Crippen molar-refractivity contribution in [2.75, 3.05) is 25.1 Å². The Balaban J connectivity index is 2.03. The Morgan fingerprint density at radius 3 is 2.58 bits per heavy atom. The van der Waals surface area contributed by atoms with E-state index in [2.05, 4.69) is 24.2 Å². The van der Waals surface area contributed by atoms with Gasteiger partial charge in [0.25, 0.3) is 0 Å². The van der Waals surface area contributed by atoms with Gasteiger partial charge in [0.15, 0.2) is 15.8 Å². The number of halogens is 1. The first kappa shape index (κ1) is 19.1. The molecule has 1 N–H and O–H groups in total. The van der Waals surface area contributed by atoms with Gasteiger partial charge in [-0.25, -0.2) is 8.42 Å². The van der Waals surface area contributed by atoms with Crippen molar-refractivity contribution in [1.29, 1.82) is 0 Å². The van der Waals surface area contributed by atoms with E-state index >= 15 is 0 Å². The van der Waals surface area contributed by atoms with Crippen LogP contribution in [0.4, 0.5) is 0 Å².